The highest BCUT2D eigenvalue weighted by Gasteiger charge is 2.13. The Morgan fingerprint density at radius 3 is 2.50 bits per heavy atom. The van der Waals surface area contributed by atoms with Gasteiger partial charge in [-0.15, -0.1) is 6.58 Å². The second-order valence-corrected chi connectivity index (χ2v) is 5.98. The molecule has 5 nitrogen and oxygen atoms in total. The Morgan fingerprint density at radius 2 is 1.92 bits per heavy atom. The van der Waals surface area contributed by atoms with E-state index in [0.717, 1.165) is 5.56 Å². The number of nitrogens with zero attached hydrogens (tertiary/aromatic N) is 2. The van der Waals surface area contributed by atoms with Gasteiger partial charge < -0.3 is 11.5 Å². The van der Waals surface area contributed by atoms with Gasteiger partial charge in [0.25, 0.3) is 0 Å². The molecular weight excluding hydrogens is 378 g/mol. The Balaban J connectivity index is 0.000000352. The summed E-state index contributed by atoms with van der Waals surface area (Å²) in [6, 6.07) is 8.12. The smallest absolute Gasteiger partial charge is 0.221 e. The predicted octanol–water partition coefficient (Wildman–Crippen LogP) is 4.37. The molecule has 134 valence electrons. The van der Waals surface area contributed by atoms with Gasteiger partial charge in [-0.2, -0.15) is 0 Å². The molecule has 0 aliphatic carbocycles. The van der Waals surface area contributed by atoms with Crippen LogP contribution in [0.3, 0.4) is 0 Å². The number of carbonyl (C=O) groups is 1. The van der Waals surface area contributed by atoms with E-state index in [-0.39, 0.29) is 23.7 Å². The number of anilines is 1. The number of nitrogens with two attached hydrogens (primary N) is 2. The first-order valence-corrected chi connectivity index (χ1v) is 8.14. The van der Waals surface area contributed by atoms with Crippen LogP contribution in [0.25, 0.3) is 22.0 Å². The van der Waals surface area contributed by atoms with Gasteiger partial charge in [-0.1, -0.05) is 41.4 Å². The van der Waals surface area contributed by atoms with Crippen molar-refractivity contribution < 1.29 is 9.18 Å². The lowest BCUT2D eigenvalue weighted by atomic mass is 10.0. The van der Waals surface area contributed by atoms with Gasteiger partial charge in [-0.3, -0.25) is 4.79 Å². The van der Waals surface area contributed by atoms with Crippen LogP contribution in [0, 0.1) is 5.82 Å². The van der Waals surface area contributed by atoms with E-state index in [0.29, 0.717) is 21.0 Å². The van der Waals surface area contributed by atoms with Crippen LogP contribution < -0.4 is 11.5 Å². The van der Waals surface area contributed by atoms with Crippen molar-refractivity contribution in [2.45, 2.75) is 6.42 Å². The topological polar surface area (TPSA) is 94.9 Å². The quantitative estimate of drug-likeness (QED) is 0.646. The third kappa shape index (κ3) is 4.47. The van der Waals surface area contributed by atoms with Crippen LogP contribution in [-0.2, 0) is 4.79 Å². The molecule has 8 heteroatoms. The molecule has 0 spiro atoms. The highest BCUT2D eigenvalue weighted by Crippen LogP contribution is 2.34. The number of hydrogen-bond donors (Lipinski definition) is 2. The second kappa shape index (κ2) is 8.60. The molecule has 0 bridgehead atoms. The summed E-state index contributed by atoms with van der Waals surface area (Å²) in [7, 11) is 0. The van der Waals surface area contributed by atoms with E-state index in [1.807, 2.05) is 0 Å². The highest BCUT2D eigenvalue weighted by atomic mass is 35.5. The van der Waals surface area contributed by atoms with Gasteiger partial charge in [0.2, 0.25) is 5.91 Å². The van der Waals surface area contributed by atoms with E-state index in [1.54, 1.807) is 24.3 Å². The van der Waals surface area contributed by atoms with E-state index < -0.39 is 5.82 Å². The number of amides is 1. The number of fused-ring (bicyclic) bond motifs is 1. The van der Waals surface area contributed by atoms with Crippen LogP contribution in [0.1, 0.15) is 6.42 Å². The lowest BCUT2D eigenvalue weighted by Crippen LogP contribution is -2.07. The Hall–Kier alpha value is -2.70. The maximum atomic E-state index is 13.8. The number of rotatable bonds is 3. The van der Waals surface area contributed by atoms with Crippen LogP contribution in [0.2, 0.25) is 10.0 Å². The maximum Gasteiger partial charge on any atom is 0.221 e. The Bertz CT molecular complexity index is 979. The monoisotopic (exact) mass is 392 g/mol. The number of hydrogen-bond acceptors (Lipinski definition) is 4. The SMILES string of the molecule is C=CCC(N)=O.Nc1ncnc2c(F)ccc(-c3ccc(Cl)c(Cl)c3)c12. The van der Waals surface area contributed by atoms with E-state index in [1.165, 1.54) is 18.5 Å². The fraction of sp³-hybridized carbons (Fsp3) is 0.0556. The summed E-state index contributed by atoms with van der Waals surface area (Å²) in [5, 5.41) is 1.33. The summed E-state index contributed by atoms with van der Waals surface area (Å²) < 4.78 is 13.8. The molecule has 0 unspecified atom stereocenters. The van der Waals surface area contributed by atoms with Gasteiger partial charge in [-0.05, 0) is 29.3 Å². The second-order valence-electron chi connectivity index (χ2n) is 5.17. The summed E-state index contributed by atoms with van der Waals surface area (Å²) in [5.41, 5.74) is 12.2. The zero-order valence-corrected chi connectivity index (χ0v) is 15.1. The van der Waals surface area contributed by atoms with Crippen LogP contribution >= 0.6 is 23.2 Å². The number of carbonyl (C=O) groups excluding carboxylic acids is 1. The highest BCUT2D eigenvalue weighted by molar-refractivity contribution is 6.42. The average molecular weight is 393 g/mol. The number of halogens is 3. The summed E-state index contributed by atoms with van der Waals surface area (Å²) in [4.78, 5) is 17.6. The molecular formula is C18H15Cl2FN4O. The molecule has 1 heterocycles. The summed E-state index contributed by atoms with van der Waals surface area (Å²) >= 11 is 11.9. The molecule has 0 saturated carbocycles. The molecule has 1 amide bonds. The predicted molar refractivity (Wildman–Crippen MR) is 103 cm³/mol. The molecule has 3 aromatic rings. The lowest BCUT2D eigenvalue weighted by Gasteiger charge is -2.09. The minimum atomic E-state index is -0.446. The van der Waals surface area contributed by atoms with Crippen molar-refractivity contribution in [3.05, 3.63) is 65.2 Å². The van der Waals surface area contributed by atoms with E-state index in [9.17, 15) is 9.18 Å². The molecule has 0 radical (unpaired) electrons. The summed E-state index contributed by atoms with van der Waals surface area (Å²) in [6.45, 7) is 3.30. The molecule has 3 rings (SSSR count). The molecule has 0 aliphatic heterocycles. The first kappa shape index (κ1) is 19.6. The largest absolute Gasteiger partial charge is 0.383 e. The molecule has 26 heavy (non-hydrogen) atoms. The fourth-order valence-electron chi connectivity index (χ4n) is 2.21. The van der Waals surface area contributed by atoms with Crippen molar-refractivity contribution in [2.24, 2.45) is 5.73 Å². The van der Waals surface area contributed by atoms with Crippen molar-refractivity contribution in [3.63, 3.8) is 0 Å². The van der Waals surface area contributed by atoms with Crippen molar-refractivity contribution in [1.82, 2.24) is 9.97 Å². The van der Waals surface area contributed by atoms with Crippen LogP contribution in [-0.4, -0.2) is 15.9 Å². The molecule has 0 aliphatic rings. The van der Waals surface area contributed by atoms with Crippen LogP contribution in [0.15, 0.2) is 49.3 Å². The number of nitrogen functional groups attached to an aromatic ring is 1. The van der Waals surface area contributed by atoms with Crippen LogP contribution in [0.4, 0.5) is 10.2 Å². The minimum Gasteiger partial charge on any atom is -0.383 e. The normalized spacial score (nSPS) is 10.1. The average Bonchev–Trinajstić information content (AvgIpc) is 2.59. The zero-order valence-electron chi connectivity index (χ0n) is 13.5. The number of benzene rings is 2. The molecule has 0 saturated heterocycles. The standard InChI is InChI=1S/C14H8Cl2FN3.C4H7NO/c15-9-3-1-7(5-10(9)16)8-2-4-11(17)13-12(8)14(18)20-6-19-13;1-2-3-4(5)6/h1-6H,(H2,18,19,20);2H,1,3H2,(H2,5,6). The summed E-state index contributed by atoms with van der Waals surface area (Å²) in [5.74, 6) is -0.557. The minimum absolute atomic E-state index is 0.182. The van der Waals surface area contributed by atoms with Crippen molar-refractivity contribution >= 4 is 45.8 Å². The fourth-order valence-corrected chi connectivity index (χ4v) is 2.51. The van der Waals surface area contributed by atoms with E-state index in [4.69, 9.17) is 34.7 Å². The van der Waals surface area contributed by atoms with Gasteiger partial charge in [0.1, 0.15) is 23.5 Å². The van der Waals surface area contributed by atoms with Gasteiger partial charge in [0, 0.05) is 6.42 Å². The molecule has 4 N–H and O–H groups in total. The van der Waals surface area contributed by atoms with Gasteiger partial charge in [-0.25, -0.2) is 14.4 Å². The molecule has 1 aromatic heterocycles. The first-order valence-electron chi connectivity index (χ1n) is 7.38. The van der Waals surface area contributed by atoms with Gasteiger partial charge in [0.15, 0.2) is 0 Å². The van der Waals surface area contributed by atoms with Gasteiger partial charge in [0.05, 0.1) is 15.4 Å². The van der Waals surface area contributed by atoms with Crippen molar-refractivity contribution in [3.8, 4) is 11.1 Å². The van der Waals surface area contributed by atoms with Crippen molar-refractivity contribution in [2.75, 3.05) is 5.73 Å². The third-order valence-corrected chi connectivity index (χ3v) is 4.08. The maximum absolute atomic E-state index is 13.8. The van der Waals surface area contributed by atoms with E-state index in [2.05, 4.69) is 16.5 Å². The Labute approximate surface area is 159 Å². The summed E-state index contributed by atoms with van der Waals surface area (Å²) in [6.07, 6.45) is 2.99. The number of primary amides is 1. The Morgan fingerprint density at radius 1 is 1.19 bits per heavy atom. The third-order valence-electron chi connectivity index (χ3n) is 3.34. The van der Waals surface area contributed by atoms with Crippen LogP contribution in [0.5, 0.6) is 0 Å². The molecule has 0 atom stereocenters. The zero-order chi connectivity index (χ0) is 19.3. The van der Waals surface area contributed by atoms with Crippen molar-refractivity contribution in [1.29, 1.82) is 0 Å². The molecule has 2 aromatic carbocycles. The van der Waals surface area contributed by atoms with Gasteiger partial charge >= 0.3 is 0 Å². The first-order chi connectivity index (χ1) is 12.3. The van der Waals surface area contributed by atoms with E-state index >= 15 is 0 Å². The number of aromatic nitrogens is 2. The lowest BCUT2D eigenvalue weighted by molar-refractivity contribution is -0.117. The Kier molecular flexibility index (Phi) is 6.49. The molecule has 0 fully saturated rings.